The Balaban J connectivity index is 2.30. The molecule has 0 amide bonds. The summed E-state index contributed by atoms with van der Waals surface area (Å²) in [6.07, 6.45) is 0. The van der Waals surface area contributed by atoms with E-state index in [0.29, 0.717) is 11.5 Å². The molecular weight excluding hydrogens is 217 g/mol. The van der Waals surface area contributed by atoms with Gasteiger partial charge in [0.1, 0.15) is 17.3 Å². The van der Waals surface area contributed by atoms with Crippen molar-refractivity contribution >= 4 is 0 Å². The van der Waals surface area contributed by atoms with Crippen LogP contribution >= 0.6 is 0 Å². The fraction of sp³-hybridized carbons (Fsp3) is 0.143. The van der Waals surface area contributed by atoms with Gasteiger partial charge in [-0.2, -0.15) is 0 Å². The number of halogens is 1. The van der Waals surface area contributed by atoms with Crippen LogP contribution in [-0.2, 0) is 0 Å². The Morgan fingerprint density at radius 3 is 2.59 bits per heavy atom. The van der Waals surface area contributed by atoms with Gasteiger partial charge >= 0.3 is 0 Å². The highest BCUT2D eigenvalue weighted by Gasteiger charge is 2.08. The fourth-order valence-corrected chi connectivity index (χ4v) is 1.61. The molecule has 0 aliphatic carbocycles. The molecule has 0 radical (unpaired) electrons. The van der Waals surface area contributed by atoms with Gasteiger partial charge in [0.15, 0.2) is 0 Å². The van der Waals surface area contributed by atoms with Crippen molar-refractivity contribution in [3.8, 4) is 11.5 Å². The highest BCUT2D eigenvalue weighted by atomic mass is 19.1. The molecule has 0 aliphatic rings. The summed E-state index contributed by atoms with van der Waals surface area (Å²) in [6, 6.07) is 13.4. The third-order valence-electron chi connectivity index (χ3n) is 2.43. The number of hydrogen-bond donors (Lipinski definition) is 1. The van der Waals surface area contributed by atoms with Crippen molar-refractivity contribution in [2.75, 3.05) is 0 Å². The number of nitrogens with two attached hydrogens (primary N) is 1. The Kier molecular flexibility index (Phi) is 3.40. The van der Waals surface area contributed by atoms with Crippen LogP contribution in [-0.4, -0.2) is 0 Å². The van der Waals surface area contributed by atoms with Crippen LogP contribution < -0.4 is 10.5 Å². The number of hydrogen-bond acceptors (Lipinski definition) is 2. The summed E-state index contributed by atoms with van der Waals surface area (Å²) in [5.74, 6) is 0.812. The molecule has 2 aromatic carbocycles. The molecule has 2 N–H and O–H groups in total. The Bertz CT molecular complexity index is 511. The van der Waals surface area contributed by atoms with Gasteiger partial charge in [-0.05, 0) is 25.1 Å². The zero-order valence-electron chi connectivity index (χ0n) is 9.56. The van der Waals surface area contributed by atoms with Gasteiger partial charge < -0.3 is 10.5 Å². The molecule has 1 atom stereocenters. The molecule has 0 fully saturated rings. The van der Waals surface area contributed by atoms with Crippen LogP contribution in [0.4, 0.5) is 4.39 Å². The normalized spacial score (nSPS) is 12.2. The Hall–Kier alpha value is -1.87. The molecular formula is C14H14FNO. The van der Waals surface area contributed by atoms with Gasteiger partial charge in [-0.3, -0.25) is 0 Å². The average molecular weight is 231 g/mol. The fourth-order valence-electron chi connectivity index (χ4n) is 1.61. The summed E-state index contributed by atoms with van der Waals surface area (Å²) in [5.41, 5.74) is 6.74. The van der Waals surface area contributed by atoms with E-state index in [-0.39, 0.29) is 11.9 Å². The Morgan fingerprint density at radius 2 is 1.88 bits per heavy atom. The van der Waals surface area contributed by atoms with Crippen LogP contribution in [0, 0.1) is 5.82 Å². The standard InChI is InChI=1S/C14H14FNO/c1-10(16)13-7-2-3-8-14(13)17-12-6-4-5-11(15)9-12/h2-10H,16H2,1H3/t10-/m0/s1. The first-order valence-corrected chi connectivity index (χ1v) is 5.45. The smallest absolute Gasteiger partial charge is 0.132 e. The van der Waals surface area contributed by atoms with Crippen LogP contribution in [0.15, 0.2) is 48.5 Å². The van der Waals surface area contributed by atoms with Crippen molar-refractivity contribution < 1.29 is 9.13 Å². The van der Waals surface area contributed by atoms with Gasteiger partial charge in [0.05, 0.1) is 0 Å². The summed E-state index contributed by atoms with van der Waals surface area (Å²) >= 11 is 0. The van der Waals surface area contributed by atoms with E-state index < -0.39 is 0 Å². The lowest BCUT2D eigenvalue weighted by atomic mass is 10.1. The van der Waals surface area contributed by atoms with Crippen molar-refractivity contribution in [3.05, 3.63) is 59.9 Å². The maximum Gasteiger partial charge on any atom is 0.132 e. The molecule has 0 heterocycles. The summed E-state index contributed by atoms with van der Waals surface area (Å²) in [7, 11) is 0. The van der Waals surface area contributed by atoms with Gasteiger partial charge in [0.2, 0.25) is 0 Å². The summed E-state index contributed by atoms with van der Waals surface area (Å²) in [4.78, 5) is 0. The van der Waals surface area contributed by atoms with Crippen LogP contribution in [0.5, 0.6) is 11.5 Å². The molecule has 0 bridgehead atoms. The minimum Gasteiger partial charge on any atom is -0.457 e. The molecule has 0 saturated heterocycles. The molecule has 0 unspecified atom stereocenters. The predicted molar refractivity (Wildman–Crippen MR) is 65.5 cm³/mol. The second-order valence-electron chi connectivity index (χ2n) is 3.89. The number of rotatable bonds is 3. The largest absolute Gasteiger partial charge is 0.457 e. The molecule has 3 heteroatoms. The van der Waals surface area contributed by atoms with Crippen molar-refractivity contribution in [1.82, 2.24) is 0 Å². The molecule has 2 aromatic rings. The van der Waals surface area contributed by atoms with Gasteiger partial charge in [-0.25, -0.2) is 4.39 Å². The topological polar surface area (TPSA) is 35.2 Å². The van der Waals surface area contributed by atoms with Crippen molar-refractivity contribution in [2.45, 2.75) is 13.0 Å². The second-order valence-corrected chi connectivity index (χ2v) is 3.89. The maximum absolute atomic E-state index is 13.0. The van der Waals surface area contributed by atoms with Gasteiger partial charge in [-0.15, -0.1) is 0 Å². The SMILES string of the molecule is C[C@H](N)c1ccccc1Oc1cccc(F)c1. The predicted octanol–water partition coefficient (Wildman–Crippen LogP) is 3.64. The summed E-state index contributed by atoms with van der Waals surface area (Å²) in [5, 5.41) is 0. The molecule has 0 aliphatic heterocycles. The molecule has 2 rings (SSSR count). The van der Waals surface area contributed by atoms with Crippen LogP contribution in [0.25, 0.3) is 0 Å². The Morgan fingerprint density at radius 1 is 1.12 bits per heavy atom. The quantitative estimate of drug-likeness (QED) is 0.875. The lowest BCUT2D eigenvalue weighted by Crippen LogP contribution is -2.06. The first-order chi connectivity index (χ1) is 8.16. The van der Waals surface area contributed by atoms with Gasteiger partial charge in [0, 0.05) is 17.7 Å². The van der Waals surface area contributed by atoms with Gasteiger partial charge in [-0.1, -0.05) is 24.3 Å². The summed E-state index contributed by atoms with van der Waals surface area (Å²) in [6.45, 7) is 1.88. The maximum atomic E-state index is 13.0. The zero-order valence-corrected chi connectivity index (χ0v) is 9.56. The van der Waals surface area contributed by atoms with E-state index in [1.54, 1.807) is 12.1 Å². The van der Waals surface area contributed by atoms with Crippen molar-refractivity contribution in [1.29, 1.82) is 0 Å². The molecule has 2 nitrogen and oxygen atoms in total. The Labute approximate surface area is 99.8 Å². The third-order valence-corrected chi connectivity index (χ3v) is 2.43. The zero-order chi connectivity index (χ0) is 12.3. The average Bonchev–Trinajstić information content (AvgIpc) is 2.29. The van der Waals surface area contributed by atoms with E-state index in [4.69, 9.17) is 10.5 Å². The monoisotopic (exact) mass is 231 g/mol. The molecule has 17 heavy (non-hydrogen) atoms. The molecule has 0 saturated carbocycles. The summed E-state index contributed by atoms with van der Waals surface area (Å²) < 4.78 is 18.7. The molecule has 0 spiro atoms. The lowest BCUT2D eigenvalue weighted by Gasteiger charge is -2.13. The van der Waals surface area contributed by atoms with E-state index in [9.17, 15) is 4.39 Å². The highest BCUT2D eigenvalue weighted by molar-refractivity contribution is 5.39. The second kappa shape index (κ2) is 4.97. The first-order valence-electron chi connectivity index (χ1n) is 5.45. The van der Waals surface area contributed by atoms with E-state index in [1.807, 2.05) is 31.2 Å². The van der Waals surface area contributed by atoms with Crippen molar-refractivity contribution in [3.63, 3.8) is 0 Å². The van der Waals surface area contributed by atoms with E-state index >= 15 is 0 Å². The number of ether oxygens (including phenoxy) is 1. The highest BCUT2D eigenvalue weighted by Crippen LogP contribution is 2.28. The lowest BCUT2D eigenvalue weighted by molar-refractivity contribution is 0.467. The van der Waals surface area contributed by atoms with Crippen LogP contribution in [0.3, 0.4) is 0 Å². The first kappa shape index (κ1) is 11.6. The minimum absolute atomic E-state index is 0.125. The molecule has 88 valence electrons. The molecule has 0 aromatic heterocycles. The van der Waals surface area contributed by atoms with Crippen LogP contribution in [0.1, 0.15) is 18.5 Å². The van der Waals surface area contributed by atoms with Gasteiger partial charge in [0.25, 0.3) is 0 Å². The van der Waals surface area contributed by atoms with Crippen molar-refractivity contribution in [2.24, 2.45) is 5.73 Å². The third kappa shape index (κ3) is 2.82. The van der Waals surface area contributed by atoms with E-state index in [2.05, 4.69) is 0 Å². The van der Waals surface area contributed by atoms with Crippen LogP contribution in [0.2, 0.25) is 0 Å². The van der Waals surface area contributed by atoms with E-state index in [1.165, 1.54) is 12.1 Å². The number of benzene rings is 2. The van der Waals surface area contributed by atoms with E-state index in [0.717, 1.165) is 5.56 Å². The number of para-hydroxylation sites is 1. The minimum atomic E-state index is -0.319.